The zero-order valence-corrected chi connectivity index (χ0v) is 14.3. The van der Waals surface area contributed by atoms with E-state index in [1.54, 1.807) is 12.4 Å². The second-order valence-corrected chi connectivity index (χ2v) is 6.79. The number of benzene rings is 1. The van der Waals surface area contributed by atoms with E-state index >= 15 is 0 Å². The quantitative estimate of drug-likeness (QED) is 0.933. The molecule has 2 aliphatic rings. The molecule has 0 aliphatic carbocycles. The van der Waals surface area contributed by atoms with Crippen LogP contribution in [-0.4, -0.2) is 47.2 Å². The van der Waals surface area contributed by atoms with Gasteiger partial charge in [0, 0.05) is 30.8 Å². The van der Waals surface area contributed by atoms with Crippen molar-refractivity contribution >= 4 is 11.7 Å². The smallest absolute Gasteiger partial charge is 0.321 e. The van der Waals surface area contributed by atoms with E-state index in [0.717, 1.165) is 12.2 Å². The standard InChI is InChI=1S/C19H22N4O2/c1-2-17-20-8-16(9-21-17)22-18(24)23-10-15-11-25-13-19(15,12-23)14-6-4-3-5-7-14/h3-9,15H,2,10-13H2,1H3,(H,22,24)/t15-,19+/m1/s1. The van der Waals surface area contributed by atoms with Crippen LogP contribution in [0.4, 0.5) is 10.5 Å². The minimum absolute atomic E-state index is 0.0961. The molecule has 2 amide bonds. The van der Waals surface area contributed by atoms with E-state index in [0.29, 0.717) is 37.9 Å². The van der Waals surface area contributed by atoms with Gasteiger partial charge in [-0.05, 0) is 5.56 Å². The van der Waals surface area contributed by atoms with Gasteiger partial charge in [0.15, 0.2) is 0 Å². The Balaban J connectivity index is 1.50. The first-order valence-electron chi connectivity index (χ1n) is 8.71. The fourth-order valence-corrected chi connectivity index (χ4v) is 3.87. The summed E-state index contributed by atoms with van der Waals surface area (Å²) in [6.45, 7) is 4.74. The summed E-state index contributed by atoms with van der Waals surface area (Å²) in [7, 11) is 0. The van der Waals surface area contributed by atoms with Crippen molar-refractivity contribution in [1.29, 1.82) is 0 Å². The Morgan fingerprint density at radius 2 is 2.08 bits per heavy atom. The number of aryl methyl sites for hydroxylation is 1. The summed E-state index contributed by atoms with van der Waals surface area (Å²) >= 11 is 0. The van der Waals surface area contributed by atoms with Crippen molar-refractivity contribution in [2.75, 3.05) is 31.6 Å². The van der Waals surface area contributed by atoms with Gasteiger partial charge < -0.3 is 15.0 Å². The van der Waals surface area contributed by atoms with E-state index in [4.69, 9.17) is 4.74 Å². The van der Waals surface area contributed by atoms with Crippen molar-refractivity contribution in [3.8, 4) is 0 Å². The lowest BCUT2D eigenvalue weighted by Gasteiger charge is -2.27. The van der Waals surface area contributed by atoms with Crippen LogP contribution in [0.3, 0.4) is 0 Å². The zero-order chi connectivity index (χ0) is 17.3. The van der Waals surface area contributed by atoms with Crippen molar-refractivity contribution in [3.63, 3.8) is 0 Å². The van der Waals surface area contributed by atoms with Crippen LogP contribution < -0.4 is 5.32 Å². The Kier molecular flexibility index (Phi) is 4.13. The Morgan fingerprint density at radius 3 is 2.80 bits per heavy atom. The maximum atomic E-state index is 12.7. The summed E-state index contributed by atoms with van der Waals surface area (Å²) in [6, 6.07) is 10.3. The molecule has 1 aromatic carbocycles. The highest BCUT2D eigenvalue weighted by molar-refractivity contribution is 5.89. The Morgan fingerprint density at radius 1 is 1.32 bits per heavy atom. The molecule has 0 radical (unpaired) electrons. The number of amides is 2. The lowest BCUT2D eigenvalue weighted by Crippen LogP contribution is -2.38. The Bertz CT molecular complexity index is 750. The van der Waals surface area contributed by atoms with Gasteiger partial charge in [0.05, 0.1) is 31.3 Å². The molecule has 4 rings (SSSR count). The van der Waals surface area contributed by atoms with Crippen LogP contribution in [0.1, 0.15) is 18.3 Å². The third-order valence-corrected chi connectivity index (χ3v) is 5.28. The van der Waals surface area contributed by atoms with Gasteiger partial charge in [0.2, 0.25) is 0 Å². The molecule has 0 bridgehead atoms. The second-order valence-electron chi connectivity index (χ2n) is 6.79. The number of hydrogen-bond donors (Lipinski definition) is 1. The molecule has 2 fully saturated rings. The van der Waals surface area contributed by atoms with E-state index < -0.39 is 0 Å². The minimum atomic E-state index is -0.0995. The highest BCUT2D eigenvalue weighted by atomic mass is 16.5. The lowest BCUT2D eigenvalue weighted by molar-refractivity contribution is 0.152. The maximum Gasteiger partial charge on any atom is 0.321 e. The number of anilines is 1. The van der Waals surface area contributed by atoms with Crippen LogP contribution in [0.2, 0.25) is 0 Å². The first-order valence-corrected chi connectivity index (χ1v) is 8.71. The van der Waals surface area contributed by atoms with Gasteiger partial charge in [0.25, 0.3) is 0 Å². The zero-order valence-electron chi connectivity index (χ0n) is 14.3. The second kappa shape index (κ2) is 6.44. The molecule has 2 aliphatic heterocycles. The summed E-state index contributed by atoms with van der Waals surface area (Å²) in [5, 5.41) is 2.91. The number of fused-ring (bicyclic) bond motifs is 1. The molecular formula is C19H22N4O2. The van der Waals surface area contributed by atoms with Crippen LogP contribution in [-0.2, 0) is 16.6 Å². The van der Waals surface area contributed by atoms with Crippen LogP contribution in [0.5, 0.6) is 0 Å². The predicted molar refractivity (Wildman–Crippen MR) is 94.4 cm³/mol. The molecule has 0 unspecified atom stereocenters. The number of hydrogen-bond acceptors (Lipinski definition) is 4. The molecule has 1 N–H and O–H groups in total. The maximum absolute atomic E-state index is 12.7. The number of nitrogens with one attached hydrogen (secondary N) is 1. The van der Waals surface area contributed by atoms with Crippen LogP contribution in [0.15, 0.2) is 42.7 Å². The fourth-order valence-electron chi connectivity index (χ4n) is 3.87. The average molecular weight is 338 g/mol. The predicted octanol–water partition coefficient (Wildman–Crippen LogP) is 2.47. The highest BCUT2D eigenvalue weighted by Crippen LogP contribution is 2.43. The lowest BCUT2D eigenvalue weighted by atomic mass is 9.75. The van der Waals surface area contributed by atoms with E-state index in [1.807, 2.05) is 17.9 Å². The number of nitrogens with zero attached hydrogens (tertiary/aromatic N) is 3. The monoisotopic (exact) mass is 338 g/mol. The summed E-state index contributed by atoms with van der Waals surface area (Å²) < 4.78 is 5.76. The number of ether oxygens (including phenoxy) is 1. The van der Waals surface area contributed by atoms with Crippen molar-refractivity contribution in [1.82, 2.24) is 14.9 Å². The molecule has 0 spiro atoms. The van der Waals surface area contributed by atoms with E-state index in [2.05, 4.69) is 39.6 Å². The first-order chi connectivity index (χ1) is 12.2. The van der Waals surface area contributed by atoms with Crippen molar-refractivity contribution in [2.45, 2.75) is 18.8 Å². The van der Waals surface area contributed by atoms with E-state index in [-0.39, 0.29) is 11.4 Å². The van der Waals surface area contributed by atoms with Crippen molar-refractivity contribution < 1.29 is 9.53 Å². The summed E-state index contributed by atoms with van der Waals surface area (Å²) in [5.41, 5.74) is 1.79. The third-order valence-electron chi connectivity index (χ3n) is 5.28. The van der Waals surface area contributed by atoms with E-state index in [1.165, 1.54) is 5.56 Å². The summed E-state index contributed by atoms with van der Waals surface area (Å²) in [5.74, 6) is 1.10. The summed E-state index contributed by atoms with van der Waals surface area (Å²) in [6.07, 6.45) is 4.11. The largest absolute Gasteiger partial charge is 0.380 e. The Hall–Kier alpha value is -2.47. The minimum Gasteiger partial charge on any atom is -0.380 e. The summed E-state index contributed by atoms with van der Waals surface area (Å²) in [4.78, 5) is 23.0. The highest BCUT2D eigenvalue weighted by Gasteiger charge is 2.52. The topological polar surface area (TPSA) is 67.4 Å². The number of carbonyl (C=O) groups is 1. The van der Waals surface area contributed by atoms with Crippen LogP contribution in [0, 0.1) is 5.92 Å². The molecule has 2 atom stereocenters. The number of urea groups is 1. The SMILES string of the molecule is CCc1ncc(NC(=O)N2C[C@@H]3COC[C@]3(c3ccccc3)C2)cn1. The Labute approximate surface area is 147 Å². The molecule has 6 nitrogen and oxygen atoms in total. The fraction of sp³-hybridized carbons (Fsp3) is 0.421. The third kappa shape index (κ3) is 2.87. The average Bonchev–Trinajstić information content (AvgIpc) is 3.21. The number of rotatable bonds is 3. The normalized spacial score (nSPS) is 25.0. The van der Waals surface area contributed by atoms with Crippen molar-refractivity contribution in [2.24, 2.45) is 5.92 Å². The molecular weight excluding hydrogens is 316 g/mol. The molecule has 25 heavy (non-hydrogen) atoms. The van der Waals surface area contributed by atoms with Crippen LogP contribution >= 0.6 is 0 Å². The van der Waals surface area contributed by atoms with Gasteiger partial charge in [-0.2, -0.15) is 0 Å². The van der Waals surface area contributed by atoms with Crippen molar-refractivity contribution in [3.05, 3.63) is 54.1 Å². The molecule has 0 saturated carbocycles. The first kappa shape index (κ1) is 16.0. The molecule has 2 saturated heterocycles. The van der Waals surface area contributed by atoms with Gasteiger partial charge in [-0.1, -0.05) is 37.3 Å². The molecule has 6 heteroatoms. The van der Waals surface area contributed by atoms with E-state index in [9.17, 15) is 4.79 Å². The molecule has 1 aromatic heterocycles. The number of aromatic nitrogens is 2. The van der Waals surface area contributed by atoms with Gasteiger partial charge in [-0.25, -0.2) is 14.8 Å². The number of likely N-dealkylation sites (tertiary alicyclic amines) is 1. The molecule has 3 heterocycles. The van der Waals surface area contributed by atoms with Gasteiger partial charge in [-0.15, -0.1) is 0 Å². The molecule has 2 aromatic rings. The van der Waals surface area contributed by atoms with Gasteiger partial charge >= 0.3 is 6.03 Å². The molecule has 130 valence electrons. The van der Waals surface area contributed by atoms with Crippen LogP contribution in [0.25, 0.3) is 0 Å². The van der Waals surface area contributed by atoms with Gasteiger partial charge in [-0.3, -0.25) is 0 Å². The van der Waals surface area contributed by atoms with Gasteiger partial charge in [0.1, 0.15) is 5.82 Å². The number of carbonyl (C=O) groups excluding carboxylic acids is 1.